The van der Waals surface area contributed by atoms with Gasteiger partial charge in [-0.3, -0.25) is 0 Å². The topological polar surface area (TPSA) is 85.5 Å². The molecule has 0 aromatic carbocycles. The maximum atomic E-state index is 8.79. The second-order valence-electron chi connectivity index (χ2n) is 8.52. The number of hydrogen-bond donors (Lipinski definition) is 1. The molecule has 3 heterocycles. The summed E-state index contributed by atoms with van der Waals surface area (Å²) in [5.41, 5.74) is 1.34. The number of ether oxygens (including phenoxy) is 3. The van der Waals surface area contributed by atoms with Crippen LogP contribution in [0.3, 0.4) is 0 Å². The van der Waals surface area contributed by atoms with Crippen molar-refractivity contribution in [3.05, 3.63) is 23.5 Å². The smallest absolute Gasteiger partial charge is 0.235 e. The molecular weight excluding hydrogens is 394 g/mol. The average Bonchev–Trinajstić information content (AvgIpc) is 3.40. The Morgan fingerprint density at radius 1 is 0.806 bits per heavy atom. The van der Waals surface area contributed by atoms with Crippen LogP contribution in [0.1, 0.15) is 83.0 Å². The van der Waals surface area contributed by atoms with Gasteiger partial charge in [-0.15, -0.1) is 0 Å². The first kappa shape index (κ1) is 23.5. The van der Waals surface area contributed by atoms with E-state index in [1.54, 1.807) is 0 Å². The molecule has 2 atom stereocenters. The molecule has 1 N–H and O–H groups in total. The molecule has 0 spiro atoms. The second-order valence-corrected chi connectivity index (χ2v) is 8.52. The summed E-state index contributed by atoms with van der Waals surface area (Å²) in [7, 11) is 0. The molecular formula is C24H37N3O4. The third-order valence-electron chi connectivity index (χ3n) is 5.41. The van der Waals surface area contributed by atoms with Gasteiger partial charge in [0.25, 0.3) is 0 Å². The van der Waals surface area contributed by atoms with E-state index in [9.17, 15) is 0 Å². The first-order valence-corrected chi connectivity index (χ1v) is 11.8. The van der Waals surface area contributed by atoms with Crippen molar-refractivity contribution in [1.82, 2.24) is 4.98 Å². The molecule has 7 nitrogen and oxygen atoms in total. The molecule has 2 aliphatic rings. The van der Waals surface area contributed by atoms with E-state index in [2.05, 4.69) is 15.0 Å². The van der Waals surface area contributed by atoms with E-state index in [0.29, 0.717) is 49.6 Å². The number of nitrogens with zero attached hydrogens (tertiary/aromatic N) is 3. The fraction of sp³-hybridized carbons (Fsp3) is 0.708. The van der Waals surface area contributed by atoms with Gasteiger partial charge >= 0.3 is 0 Å². The summed E-state index contributed by atoms with van der Waals surface area (Å²) >= 11 is 0. The van der Waals surface area contributed by atoms with Crippen LogP contribution in [0.15, 0.2) is 22.1 Å². The van der Waals surface area contributed by atoms with Crippen LogP contribution in [-0.4, -0.2) is 60.4 Å². The lowest BCUT2D eigenvalue weighted by Crippen LogP contribution is -2.11. The number of unbranched alkanes of at least 4 members (excludes halogenated alkanes) is 8. The molecule has 0 aliphatic carbocycles. The van der Waals surface area contributed by atoms with Gasteiger partial charge in [-0.25, -0.2) is 15.0 Å². The van der Waals surface area contributed by atoms with Gasteiger partial charge in [0.05, 0.1) is 18.7 Å². The van der Waals surface area contributed by atoms with E-state index in [1.165, 1.54) is 38.5 Å². The van der Waals surface area contributed by atoms with Crippen molar-refractivity contribution in [2.75, 3.05) is 26.4 Å². The standard InChI is InChI=1S/C24H37N3O4/c1-18-16-30-23(25-18)21-14-20(15-22(27-21)24-26-19(2)17-31-24)29-13-11-9-7-5-3-4-6-8-10-12-28/h14-15,18-19,28H,3-13,16-17H2,1-2H3. The highest BCUT2D eigenvalue weighted by Crippen LogP contribution is 2.21. The first-order valence-electron chi connectivity index (χ1n) is 11.8. The minimum Gasteiger partial charge on any atom is -0.493 e. The average molecular weight is 432 g/mol. The number of hydrogen-bond acceptors (Lipinski definition) is 7. The SMILES string of the molecule is CC1COC(c2cc(OCCCCCCCCCCCO)cc(C3=NC(C)CO3)n2)=N1. The minimum absolute atomic E-state index is 0.139. The molecule has 1 aromatic heterocycles. The van der Waals surface area contributed by atoms with Gasteiger partial charge in [-0.2, -0.15) is 0 Å². The van der Waals surface area contributed by atoms with E-state index < -0.39 is 0 Å². The fourth-order valence-electron chi connectivity index (χ4n) is 3.68. The van der Waals surface area contributed by atoms with Crippen LogP contribution in [-0.2, 0) is 9.47 Å². The molecule has 0 fully saturated rings. The minimum atomic E-state index is 0.139. The molecule has 0 amide bonds. The zero-order chi connectivity index (χ0) is 21.9. The van der Waals surface area contributed by atoms with Crippen LogP contribution < -0.4 is 4.74 Å². The summed E-state index contributed by atoms with van der Waals surface area (Å²) in [5, 5.41) is 8.79. The summed E-state index contributed by atoms with van der Waals surface area (Å²) in [4.78, 5) is 13.7. The zero-order valence-corrected chi connectivity index (χ0v) is 19.0. The Balaban J connectivity index is 1.46. The molecule has 1 aromatic rings. The summed E-state index contributed by atoms with van der Waals surface area (Å²) in [6.07, 6.45) is 10.6. The highest BCUT2D eigenvalue weighted by atomic mass is 16.5. The number of aliphatic hydroxyl groups excluding tert-OH is 1. The van der Waals surface area contributed by atoms with Crippen LogP contribution in [0.4, 0.5) is 0 Å². The van der Waals surface area contributed by atoms with Crippen molar-refractivity contribution in [3.63, 3.8) is 0 Å². The van der Waals surface area contributed by atoms with E-state index in [1.807, 2.05) is 26.0 Å². The predicted octanol–water partition coefficient (Wildman–Crippen LogP) is 4.29. The van der Waals surface area contributed by atoms with Crippen molar-refractivity contribution < 1.29 is 19.3 Å². The Morgan fingerprint density at radius 2 is 1.29 bits per heavy atom. The van der Waals surface area contributed by atoms with Crippen LogP contribution in [0.5, 0.6) is 5.75 Å². The molecule has 0 saturated heterocycles. The largest absolute Gasteiger partial charge is 0.493 e. The monoisotopic (exact) mass is 431 g/mol. The summed E-state index contributed by atoms with van der Waals surface area (Å²) < 4.78 is 17.4. The molecule has 0 bridgehead atoms. The van der Waals surface area contributed by atoms with Crippen molar-refractivity contribution in [2.24, 2.45) is 9.98 Å². The Morgan fingerprint density at radius 3 is 1.74 bits per heavy atom. The van der Waals surface area contributed by atoms with E-state index in [-0.39, 0.29) is 12.1 Å². The Hall–Kier alpha value is -2.15. The first-order chi connectivity index (χ1) is 15.2. The number of aliphatic imine (C=N–C) groups is 2. The van der Waals surface area contributed by atoms with Crippen molar-refractivity contribution >= 4 is 11.8 Å². The van der Waals surface area contributed by atoms with E-state index >= 15 is 0 Å². The molecule has 0 radical (unpaired) electrons. The van der Waals surface area contributed by atoms with Crippen molar-refractivity contribution in [2.45, 2.75) is 83.7 Å². The third kappa shape index (κ3) is 7.80. The lowest BCUT2D eigenvalue weighted by atomic mass is 10.1. The van der Waals surface area contributed by atoms with Crippen LogP contribution in [0.25, 0.3) is 0 Å². The van der Waals surface area contributed by atoms with Crippen LogP contribution in [0, 0.1) is 0 Å². The molecule has 0 saturated carbocycles. The van der Waals surface area contributed by atoms with E-state index in [4.69, 9.17) is 19.3 Å². The number of aliphatic hydroxyl groups is 1. The van der Waals surface area contributed by atoms with Crippen molar-refractivity contribution in [3.8, 4) is 5.75 Å². The highest BCUT2D eigenvalue weighted by molar-refractivity contribution is 5.97. The molecule has 2 aliphatic heterocycles. The van der Waals surface area contributed by atoms with Gasteiger partial charge in [-0.1, -0.05) is 44.9 Å². The lowest BCUT2D eigenvalue weighted by Gasteiger charge is -2.11. The maximum Gasteiger partial charge on any atom is 0.235 e. The highest BCUT2D eigenvalue weighted by Gasteiger charge is 2.23. The van der Waals surface area contributed by atoms with Crippen molar-refractivity contribution in [1.29, 1.82) is 0 Å². The molecule has 172 valence electrons. The van der Waals surface area contributed by atoms with Gasteiger partial charge in [0.2, 0.25) is 11.8 Å². The summed E-state index contributed by atoms with van der Waals surface area (Å²) in [6, 6.07) is 4.07. The van der Waals surface area contributed by atoms with E-state index in [0.717, 1.165) is 25.0 Å². The summed E-state index contributed by atoms with van der Waals surface area (Å²) in [6.45, 7) is 6.19. The van der Waals surface area contributed by atoms with Gasteiger partial charge in [0.1, 0.15) is 30.4 Å². The molecule has 31 heavy (non-hydrogen) atoms. The second kappa shape index (κ2) is 12.6. The van der Waals surface area contributed by atoms with Crippen LogP contribution >= 0.6 is 0 Å². The van der Waals surface area contributed by atoms with Gasteiger partial charge < -0.3 is 19.3 Å². The van der Waals surface area contributed by atoms with Gasteiger partial charge in [0.15, 0.2) is 0 Å². The number of rotatable bonds is 14. The quantitative estimate of drug-likeness (QED) is 0.444. The number of pyridine rings is 1. The fourth-order valence-corrected chi connectivity index (χ4v) is 3.68. The number of aromatic nitrogens is 1. The zero-order valence-electron chi connectivity index (χ0n) is 19.0. The lowest BCUT2D eigenvalue weighted by molar-refractivity contribution is 0.282. The Labute approximate surface area is 185 Å². The molecule has 2 unspecified atom stereocenters. The third-order valence-corrected chi connectivity index (χ3v) is 5.41. The maximum absolute atomic E-state index is 8.79. The van der Waals surface area contributed by atoms with Crippen LogP contribution in [0.2, 0.25) is 0 Å². The Kier molecular flexibility index (Phi) is 9.59. The summed E-state index contributed by atoms with van der Waals surface area (Å²) in [5.74, 6) is 1.87. The molecule has 7 heteroatoms. The molecule has 3 rings (SSSR count). The van der Waals surface area contributed by atoms with Gasteiger partial charge in [0, 0.05) is 18.7 Å². The Bertz CT molecular complexity index is 704. The predicted molar refractivity (Wildman–Crippen MR) is 122 cm³/mol. The van der Waals surface area contributed by atoms with Gasteiger partial charge in [-0.05, 0) is 26.7 Å². The normalized spacial score (nSPS) is 20.2.